The van der Waals surface area contributed by atoms with Crippen LogP contribution in [0.4, 0.5) is 5.69 Å². The maximum Gasteiger partial charge on any atom is 0.254 e. The van der Waals surface area contributed by atoms with Crippen molar-refractivity contribution in [2.75, 3.05) is 31.6 Å². The van der Waals surface area contributed by atoms with Gasteiger partial charge in [0.2, 0.25) is 0 Å². The van der Waals surface area contributed by atoms with E-state index < -0.39 is 0 Å². The first-order chi connectivity index (χ1) is 9.63. The van der Waals surface area contributed by atoms with E-state index in [1.807, 2.05) is 38.1 Å². The Labute approximate surface area is 119 Å². The van der Waals surface area contributed by atoms with Crippen LogP contribution >= 0.6 is 0 Å². The fourth-order valence-electron chi connectivity index (χ4n) is 2.43. The fourth-order valence-corrected chi connectivity index (χ4v) is 2.43. The van der Waals surface area contributed by atoms with Crippen LogP contribution in [0.3, 0.4) is 0 Å². The number of hydrogen-bond acceptors (Lipinski definition) is 4. The molecule has 2 unspecified atom stereocenters. The summed E-state index contributed by atoms with van der Waals surface area (Å²) >= 11 is 0. The molecule has 1 aromatic carbocycles. The van der Waals surface area contributed by atoms with E-state index in [2.05, 4.69) is 5.32 Å². The Kier molecular flexibility index (Phi) is 4.98. The van der Waals surface area contributed by atoms with Crippen LogP contribution in [0.25, 0.3) is 0 Å². The molecule has 2 rings (SSSR count). The number of carbonyl (C=O) groups excluding carboxylic acids is 1. The number of aliphatic hydroxyl groups excluding tert-OH is 1. The zero-order valence-corrected chi connectivity index (χ0v) is 12.0. The Bertz CT molecular complexity index is 447. The molecule has 5 heteroatoms. The highest BCUT2D eigenvalue weighted by atomic mass is 16.5. The summed E-state index contributed by atoms with van der Waals surface area (Å²) in [5.74, 6) is -0.0124. The van der Waals surface area contributed by atoms with E-state index in [-0.39, 0.29) is 24.7 Å². The molecule has 0 aliphatic carbocycles. The number of nitrogens with one attached hydrogen (secondary N) is 1. The standard InChI is InChI=1S/C15H22N2O3/c1-3-16-13-6-4-12(5-7-13)15(19)17-8-11(2)20-14(9-17)10-18/h4-7,11,14,16,18H,3,8-10H2,1-2H3. The van der Waals surface area contributed by atoms with E-state index in [0.29, 0.717) is 18.7 Å². The van der Waals surface area contributed by atoms with Crippen LogP contribution < -0.4 is 5.32 Å². The SMILES string of the molecule is CCNc1ccc(C(=O)N2CC(C)OC(CO)C2)cc1. The maximum atomic E-state index is 12.4. The summed E-state index contributed by atoms with van der Waals surface area (Å²) in [6.45, 7) is 5.73. The topological polar surface area (TPSA) is 61.8 Å². The number of ether oxygens (including phenoxy) is 1. The number of nitrogens with zero attached hydrogens (tertiary/aromatic N) is 1. The van der Waals surface area contributed by atoms with Crippen LogP contribution in [-0.4, -0.2) is 54.4 Å². The van der Waals surface area contributed by atoms with Crippen LogP contribution in [0.1, 0.15) is 24.2 Å². The number of aliphatic hydroxyl groups is 1. The molecule has 1 aliphatic rings. The summed E-state index contributed by atoms with van der Waals surface area (Å²) in [5.41, 5.74) is 1.67. The van der Waals surface area contributed by atoms with Crippen molar-refractivity contribution in [1.82, 2.24) is 4.90 Å². The van der Waals surface area contributed by atoms with Crippen molar-refractivity contribution in [3.63, 3.8) is 0 Å². The lowest BCUT2D eigenvalue weighted by Gasteiger charge is -2.36. The molecule has 2 N–H and O–H groups in total. The number of rotatable bonds is 4. The van der Waals surface area contributed by atoms with Gasteiger partial charge in [-0.05, 0) is 38.1 Å². The minimum absolute atomic E-state index is 0.0124. The molecule has 1 heterocycles. The Morgan fingerprint density at radius 2 is 2.10 bits per heavy atom. The molecule has 0 spiro atoms. The maximum absolute atomic E-state index is 12.4. The van der Waals surface area contributed by atoms with Crippen molar-refractivity contribution >= 4 is 11.6 Å². The molecule has 110 valence electrons. The average Bonchev–Trinajstić information content (AvgIpc) is 2.47. The second-order valence-corrected chi connectivity index (χ2v) is 5.07. The summed E-state index contributed by atoms with van der Waals surface area (Å²) < 4.78 is 5.55. The van der Waals surface area contributed by atoms with Gasteiger partial charge in [-0.1, -0.05) is 0 Å². The molecule has 0 aromatic heterocycles. The van der Waals surface area contributed by atoms with E-state index in [1.165, 1.54) is 0 Å². The van der Waals surface area contributed by atoms with Gasteiger partial charge in [0.15, 0.2) is 0 Å². The predicted octanol–water partition coefficient (Wildman–Crippen LogP) is 1.34. The number of benzene rings is 1. The van der Waals surface area contributed by atoms with Crippen molar-refractivity contribution in [3.05, 3.63) is 29.8 Å². The van der Waals surface area contributed by atoms with E-state index >= 15 is 0 Å². The fraction of sp³-hybridized carbons (Fsp3) is 0.533. The van der Waals surface area contributed by atoms with Gasteiger partial charge in [0.05, 0.1) is 18.8 Å². The lowest BCUT2D eigenvalue weighted by atomic mass is 10.1. The third kappa shape index (κ3) is 3.49. The van der Waals surface area contributed by atoms with E-state index in [4.69, 9.17) is 4.74 Å². The van der Waals surface area contributed by atoms with Crippen molar-refractivity contribution in [3.8, 4) is 0 Å². The van der Waals surface area contributed by atoms with Gasteiger partial charge in [-0.25, -0.2) is 0 Å². The van der Waals surface area contributed by atoms with Gasteiger partial charge in [0.1, 0.15) is 0 Å². The lowest BCUT2D eigenvalue weighted by Crippen LogP contribution is -2.50. The molecular weight excluding hydrogens is 256 g/mol. The second-order valence-electron chi connectivity index (χ2n) is 5.07. The molecule has 1 aliphatic heterocycles. The van der Waals surface area contributed by atoms with Gasteiger partial charge in [-0.2, -0.15) is 0 Å². The molecule has 1 amide bonds. The summed E-state index contributed by atoms with van der Waals surface area (Å²) in [6.07, 6.45) is -0.338. The molecule has 0 bridgehead atoms. The summed E-state index contributed by atoms with van der Waals surface area (Å²) in [4.78, 5) is 14.2. The Morgan fingerprint density at radius 3 is 2.70 bits per heavy atom. The van der Waals surface area contributed by atoms with Crippen molar-refractivity contribution in [2.24, 2.45) is 0 Å². The zero-order valence-electron chi connectivity index (χ0n) is 12.0. The summed E-state index contributed by atoms with van der Waals surface area (Å²) in [7, 11) is 0. The third-order valence-electron chi connectivity index (χ3n) is 3.33. The number of amides is 1. The summed E-state index contributed by atoms with van der Waals surface area (Å²) in [5, 5.41) is 12.4. The van der Waals surface area contributed by atoms with Gasteiger partial charge in [0.25, 0.3) is 5.91 Å². The van der Waals surface area contributed by atoms with Gasteiger partial charge in [-0.3, -0.25) is 4.79 Å². The van der Waals surface area contributed by atoms with Crippen LogP contribution in [0.15, 0.2) is 24.3 Å². The molecule has 2 atom stereocenters. The molecular formula is C15H22N2O3. The Balaban J connectivity index is 2.06. The van der Waals surface area contributed by atoms with E-state index in [1.54, 1.807) is 4.90 Å². The third-order valence-corrected chi connectivity index (χ3v) is 3.33. The number of hydrogen-bond donors (Lipinski definition) is 2. The minimum Gasteiger partial charge on any atom is -0.394 e. The molecule has 5 nitrogen and oxygen atoms in total. The van der Waals surface area contributed by atoms with Crippen molar-refractivity contribution in [2.45, 2.75) is 26.1 Å². The van der Waals surface area contributed by atoms with Gasteiger partial charge >= 0.3 is 0 Å². The summed E-state index contributed by atoms with van der Waals surface area (Å²) in [6, 6.07) is 7.47. The van der Waals surface area contributed by atoms with E-state index in [0.717, 1.165) is 12.2 Å². The van der Waals surface area contributed by atoms with Gasteiger partial charge < -0.3 is 20.1 Å². The quantitative estimate of drug-likeness (QED) is 0.872. The number of carbonyl (C=O) groups is 1. The molecule has 0 radical (unpaired) electrons. The Morgan fingerprint density at radius 1 is 1.40 bits per heavy atom. The van der Waals surface area contributed by atoms with Crippen molar-refractivity contribution < 1.29 is 14.6 Å². The highest BCUT2D eigenvalue weighted by Crippen LogP contribution is 2.16. The number of anilines is 1. The number of morpholine rings is 1. The van der Waals surface area contributed by atoms with Gasteiger partial charge in [0, 0.05) is 30.9 Å². The molecule has 1 saturated heterocycles. The van der Waals surface area contributed by atoms with Crippen LogP contribution in [0, 0.1) is 0 Å². The largest absolute Gasteiger partial charge is 0.394 e. The predicted molar refractivity (Wildman–Crippen MR) is 77.9 cm³/mol. The zero-order chi connectivity index (χ0) is 14.5. The van der Waals surface area contributed by atoms with Crippen LogP contribution in [0.2, 0.25) is 0 Å². The molecule has 0 saturated carbocycles. The second kappa shape index (κ2) is 6.72. The first kappa shape index (κ1) is 14.8. The average molecular weight is 278 g/mol. The van der Waals surface area contributed by atoms with Gasteiger partial charge in [-0.15, -0.1) is 0 Å². The first-order valence-electron chi connectivity index (χ1n) is 7.03. The monoisotopic (exact) mass is 278 g/mol. The first-order valence-corrected chi connectivity index (χ1v) is 7.03. The van der Waals surface area contributed by atoms with Crippen molar-refractivity contribution in [1.29, 1.82) is 0 Å². The van der Waals surface area contributed by atoms with E-state index in [9.17, 15) is 9.90 Å². The molecule has 20 heavy (non-hydrogen) atoms. The smallest absolute Gasteiger partial charge is 0.254 e. The highest BCUT2D eigenvalue weighted by Gasteiger charge is 2.28. The normalized spacial score (nSPS) is 22.6. The lowest BCUT2D eigenvalue weighted by molar-refractivity contribution is -0.0858. The molecule has 1 fully saturated rings. The van der Waals surface area contributed by atoms with Crippen LogP contribution in [0.5, 0.6) is 0 Å². The Hall–Kier alpha value is -1.59. The van der Waals surface area contributed by atoms with Crippen LogP contribution in [-0.2, 0) is 4.74 Å². The minimum atomic E-state index is -0.288. The molecule has 1 aromatic rings. The highest BCUT2D eigenvalue weighted by molar-refractivity contribution is 5.94.